The Morgan fingerprint density at radius 2 is 1.72 bits per heavy atom. The molecule has 0 radical (unpaired) electrons. The zero-order valence-corrected chi connectivity index (χ0v) is 15.8. The van der Waals surface area contributed by atoms with Crippen molar-refractivity contribution in [2.24, 2.45) is 0 Å². The molecule has 0 saturated carbocycles. The number of anilines is 2. The minimum atomic E-state index is -3.67. The molecule has 3 aromatic rings. The number of sulfonamides is 1. The van der Waals surface area contributed by atoms with Gasteiger partial charge in [-0.15, -0.1) is 11.3 Å². The van der Waals surface area contributed by atoms with Gasteiger partial charge in [0.15, 0.2) is 0 Å². The molecule has 0 bridgehead atoms. The molecule has 7 heteroatoms. The summed E-state index contributed by atoms with van der Waals surface area (Å²) in [5, 5.41) is 0.983. The third kappa shape index (κ3) is 3.67. The number of aromatic nitrogens is 1. The van der Waals surface area contributed by atoms with Gasteiger partial charge in [-0.3, -0.25) is 4.72 Å². The van der Waals surface area contributed by atoms with Gasteiger partial charge in [0.1, 0.15) is 0 Å². The lowest BCUT2D eigenvalue weighted by Crippen LogP contribution is -2.13. The third-order valence-electron chi connectivity index (χ3n) is 3.84. The van der Waals surface area contributed by atoms with E-state index in [0.717, 1.165) is 26.7 Å². The highest BCUT2D eigenvalue weighted by atomic mass is 32.2. The Hall–Kier alpha value is -2.38. The quantitative estimate of drug-likeness (QED) is 0.674. The second-order valence-electron chi connectivity index (χ2n) is 5.85. The number of hydrogen-bond donors (Lipinski definition) is 2. The molecule has 0 aliphatic carbocycles. The van der Waals surface area contributed by atoms with Gasteiger partial charge in [-0.1, -0.05) is 12.1 Å². The molecule has 0 saturated heterocycles. The molecule has 0 aliphatic rings. The minimum absolute atomic E-state index is 0.177. The molecule has 130 valence electrons. The van der Waals surface area contributed by atoms with E-state index >= 15 is 0 Å². The summed E-state index contributed by atoms with van der Waals surface area (Å²) in [6, 6.07) is 11.9. The van der Waals surface area contributed by atoms with Crippen molar-refractivity contribution < 1.29 is 8.42 Å². The van der Waals surface area contributed by atoms with Gasteiger partial charge in [-0.2, -0.15) is 0 Å². The van der Waals surface area contributed by atoms with Crippen LogP contribution in [0.3, 0.4) is 0 Å². The minimum Gasteiger partial charge on any atom is -0.399 e. The van der Waals surface area contributed by atoms with Crippen LogP contribution in [0.4, 0.5) is 11.4 Å². The van der Waals surface area contributed by atoms with Gasteiger partial charge in [-0.25, -0.2) is 13.4 Å². The molecule has 0 aliphatic heterocycles. The van der Waals surface area contributed by atoms with Gasteiger partial charge in [0.2, 0.25) is 0 Å². The van der Waals surface area contributed by atoms with Crippen LogP contribution < -0.4 is 10.5 Å². The SMILES string of the molecule is Cc1nc(C)c(-c2ccc(C)c(NS(=O)(=O)c3ccc(N)cc3)c2)s1. The Labute approximate surface area is 151 Å². The summed E-state index contributed by atoms with van der Waals surface area (Å²) in [6.07, 6.45) is 0. The van der Waals surface area contributed by atoms with Crippen molar-refractivity contribution in [2.75, 3.05) is 10.5 Å². The maximum Gasteiger partial charge on any atom is 0.261 e. The second-order valence-corrected chi connectivity index (χ2v) is 8.74. The number of rotatable bonds is 4. The number of nitrogens with two attached hydrogens (primary N) is 1. The van der Waals surface area contributed by atoms with Crippen LogP contribution >= 0.6 is 11.3 Å². The zero-order valence-electron chi connectivity index (χ0n) is 14.2. The fourth-order valence-corrected chi connectivity index (χ4v) is 4.56. The molecule has 0 unspecified atom stereocenters. The van der Waals surface area contributed by atoms with Gasteiger partial charge in [0.25, 0.3) is 10.0 Å². The van der Waals surface area contributed by atoms with Crippen molar-refractivity contribution in [1.82, 2.24) is 4.98 Å². The molecule has 5 nitrogen and oxygen atoms in total. The number of thiazole rings is 1. The van der Waals surface area contributed by atoms with Crippen LogP contribution in [0.5, 0.6) is 0 Å². The highest BCUT2D eigenvalue weighted by Gasteiger charge is 2.16. The van der Waals surface area contributed by atoms with Crippen LogP contribution in [-0.4, -0.2) is 13.4 Å². The van der Waals surface area contributed by atoms with Crippen LogP contribution in [-0.2, 0) is 10.0 Å². The zero-order chi connectivity index (χ0) is 18.2. The molecule has 3 rings (SSSR count). The van der Waals surface area contributed by atoms with E-state index in [2.05, 4.69) is 9.71 Å². The Kier molecular flexibility index (Phi) is 4.53. The molecule has 3 N–H and O–H groups in total. The van der Waals surface area contributed by atoms with E-state index in [9.17, 15) is 8.42 Å². The van der Waals surface area contributed by atoms with E-state index in [1.54, 1.807) is 23.5 Å². The van der Waals surface area contributed by atoms with E-state index in [1.807, 2.05) is 39.0 Å². The molecule has 25 heavy (non-hydrogen) atoms. The lowest BCUT2D eigenvalue weighted by molar-refractivity contribution is 0.601. The highest BCUT2D eigenvalue weighted by Crippen LogP contribution is 2.33. The Bertz CT molecular complexity index is 1020. The van der Waals surface area contributed by atoms with E-state index in [4.69, 9.17) is 5.73 Å². The molecule has 1 aromatic heterocycles. The standard InChI is InChI=1S/C18H19N3O2S2/c1-11-4-5-14(18-12(2)20-13(3)24-18)10-17(11)21-25(22,23)16-8-6-15(19)7-9-16/h4-10,21H,19H2,1-3H3. The van der Waals surface area contributed by atoms with Gasteiger partial charge in [0.05, 0.1) is 26.2 Å². The number of nitrogen functional groups attached to an aromatic ring is 1. The topological polar surface area (TPSA) is 85.1 Å². The molecule has 0 atom stereocenters. The number of hydrogen-bond acceptors (Lipinski definition) is 5. The maximum absolute atomic E-state index is 12.6. The van der Waals surface area contributed by atoms with Crippen molar-refractivity contribution in [2.45, 2.75) is 25.7 Å². The van der Waals surface area contributed by atoms with Gasteiger partial charge in [-0.05, 0) is 62.2 Å². The Morgan fingerprint density at radius 3 is 2.32 bits per heavy atom. The third-order valence-corrected chi connectivity index (χ3v) is 6.34. The monoisotopic (exact) mass is 373 g/mol. The average molecular weight is 374 g/mol. The summed E-state index contributed by atoms with van der Waals surface area (Å²) >= 11 is 1.60. The lowest BCUT2D eigenvalue weighted by atomic mass is 10.1. The normalized spacial score (nSPS) is 11.5. The predicted octanol–water partition coefficient (Wildman–Crippen LogP) is 4.12. The van der Waals surface area contributed by atoms with Gasteiger partial charge >= 0.3 is 0 Å². The lowest BCUT2D eigenvalue weighted by Gasteiger charge is -2.12. The smallest absolute Gasteiger partial charge is 0.261 e. The fourth-order valence-electron chi connectivity index (χ4n) is 2.52. The van der Waals surface area contributed by atoms with E-state index in [-0.39, 0.29) is 4.90 Å². The summed E-state index contributed by atoms with van der Waals surface area (Å²) in [6.45, 7) is 5.78. The van der Waals surface area contributed by atoms with E-state index in [0.29, 0.717) is 11.4 Å². The van der Waals surface area contributed by atoms with Crippen molar-refractivity contribution in [3.05, 3.63) is 58.7 Å². The van der Waals surface area contributed by atoms with E-state index < -0.39 is 10.0 Å². The van der Waals surface area contributed by atoms with Gasteiger partial charge < -0.3 is 5.73 Å². The second kappa shape index (κ2) is 6.50. The first kappa shape index (κ1) is 17.4. The van der Waals surface area contributed by atoms with Crippen LogP contribution in [0.15, 0.2) is 47.4 Å². The fraction of sp³-hybridized carbons (Fsp3) is 0.167. The molecule has 0 spiro atoms. The average Bonchev–Trinajstić information content (AvgIpc) is 2.88. The summed E-state index contributed by atoms with van der Waals surface area (Å²) in [5.74, 6) is 0. The van der Waals surface area contributed by atoms with Crippen LogP contribution in [0.1, 0.15) is 16.3 Å². The van der Waals surface area contributed by atoms with Crippen LogP contribution in [0.25, 0.3) is 10.4 Å². The number of aryl methyl sites for hydroxylation is 3. The van der Waals surface area contributed by atoms with Gasteiger partial charge in [0, 0.05) is 5.69 Å². The largest absolute Gasteiger partial charge is 0.399 e. The summed E-state index contributed by atoms with van der Waals surface area (Å²) < 4.78 is 27.9. The highest BCUT2D eigenvalue weighted by molar-refractivity contribution is 7.92. The van der Waals surface area contributed by atoms with Crippen molar-refractivity contribution in [1.29, 1.82) is 0 Å². The van der Waals surface area contributed by atoms with Crippen LogP contribution in [0, 0.1) is 20.8 Å². The summed E-state index contributed by atoms with van der Waals surface area (Å²) in [4.78, 5) is 5.66. The van der Waals surface area contributed by atoms with Crippen LogP contribution in [0.2, 0.25) is 0 Å². The Balaban J connectivity index is 1.98. The first-order valence-corrected chi connectivity index (χ1v) is 9.99. The predicted molar refractivity (Wildman–Crippen MR) is 103 cm³/mol. The first-order valence-electron chi connectivity index (χ1n) is 7.70. The van der Waals surface area contributed by atoms with Crippen molar-refractivity contribution >= 4 is 32.7 Å². The van der Waals surface area contributed by atoms with Crippen molar-refractivity contribution in [3.8, 4) is 10.4 Å². The summed E-state index contributed by atoms with van der Waals surface area (Å²) in [7, 11) is -3.67. The molecular weight excluding hydrogens is 354 g/mol. The maximum atomic E-state index is 12.6. The number of benzene rings is 2. The molecule has 0 fully saturated rings. The molecule has 1 heterocycles. The van der Waals surface area contributed by atoms with E-state index in [1.165, 1.54) is 12.1 Å². The number of nitrogens with one attached hydrogen (secondary N) is 1. The molecule has 0 amide bonds. The first-order chi connectivity index (χ1) is 11.8. The summed E-state index contributed by atoms with van der Waals surface area (Å²) in [5.41, 5.74) is 9.44. The van der Waals surface area contributed by atoms with Crippen molar-refractivity contribution in [3.63, 3.8) is 0 Å². The molecular formula is C18H19N3O2S2. The Morgan fingerprint density at radius 1 is 1.04 bits per heavy atom. The number of nitrogens with zero attached hydrogens (tertiary/aromatic N) is 1. The molecule has 2 aromatic carbocycles.